The minimum Gasteiger partial charge on any atom is -0.262 e. The second-order valence-corrected chi connectivity index (χ2v) is 2.17. The molecule has 0 N–H and O–H groups in total. The Kier molecular flexibility index (Phi) is 14.9. The summed E-state index contributed by atoms with van der Waals surface area (Å²) in [6.07, 6.45) is 1.08. The van der Waals surface area contributed by atoms with Gasteiger partial charge in [0.25, 0.3) is 0 Å². The summed E-state index contributed by atoms with van der Waals surface area (Å²) in [6, 6.07) is 0. The van der Waals surface area contributed by atoms with Crippen LogP contribution in [0.25, 0.3) is 0 Å². The molecule has 0 aromatic heterocycles. The van der Waals surface area contributed by atoms with Crippen LogP contribution in [0.3, 0.4) is 0 Å². The van der Waals surface area contributed by atoms with Crippen LogP contribution < -0.4 is 0 Å². The molecule has 0 fully saturated rings. The summed E-state index contributed by atoms with van der Waals surface area (Å²) in [5.41, 5.74) is 0. The van der Waals surface area contributed by atoms with Crippen molar-refractivity contribution in [3.05, 3.63) is 0 Å². The summed E-state index contributed by atoms with van der Waals surface area (Å²) in [7, 11) is 0. The lowest BCUT2D eigenvalue weighted by Gasteiger charge is -1.65. The van der Waals surface area contributed by atoms with Gasteiger partial charge in [0.1, 0.15) is 0 Å². The second kappa shape index (κ2) is 10.5. The van der Waals surface area contributed by atoms with Crippen LogP contribution in [0.2, 0.25) is 0 Å². The lowest BCUT2D eigenvalue weighted by molar-refractivity contribution is 0.275. The number of carbonyl (C=O) groups excluding carboxylic acids is 1. The fourth-order valence-corrected chi connectivity index (χ4v) is 0. The van der Waals surface area contributed by atoms with Gasteiger partial charge in [0.05, 0.1) is 0 Å². The normalized spacial score (nSPS) is 7.00. The first-order chi connectivity index (χ1) is 3.65. The highest BCUT2D eigenvalue weighted by atomic mass is 35.5. The molecule has 0 aliphatic heterocycles. The highest BCUT2D eigenvalue weighted by Gasteiger charge is 1.72. The van der Waals surface area contributed by atoms with E-state index in [0.717, 1.165) is 12.3 Å². The van der Waals surface area contributed by atoms with Gasteiger partial charge in [0.2, 0.25) is 0 Å². The van der Waals surface area contributed by atoms with Gasteiger partial charge in [-0.1, -0.05) is 6.92 Å². The van der Waals surface area contributed by atoms with Crippen molar-refractivity contribution >= 4 is 39.5 Å². The maximum atomic E-state index is 8.98. The maximum absolute atomic E-state index is 8.98. The minimum absolute atomic E-state index is 0.792. The molecule has 0 bridgehead atoms. The topological polar surface area (TPSA) is 17.1 Å². The van der Waals surface area contributed by atoms with Crippen LogP contribution in [0.1, 0.15) is 13.3 Å². The third-order valence-electron chi connectivity index (χ3n) is 0.189. The minimum atomic E-state index is -0.889. The summed E-state index contributed by atoms with van der Waals surface area (Å²) in [6.45, 7) is 2.05. The number of halogens is 3. The zero-order valence-electron chi connectivity index (χ0n) is 4.46. The van der Waals surface area contributed by atoms with Gasteiger partial charge in [-0.05, 0) is 29.6 Å². The molecule has 0 saturated carbocycles. The zero-order chi connectivity index (χ0) is 6.99. The summed E-state index contributed by atoms with van der Waals surface area (Å²) in [5.74, 6) is 0.792. The highest BCUT2D eigenvalue weighted by Crippen LogP contribution is 1.84. The Morgan fingerprint density at radius 3 is 1.62 bits per heavy atom. The Labute approximate surface area is 63.9 Å². The van der Waals surface area contributed by atoms with E-state index in [4.69, 9.17) is 16.4 Å². The van der Waals surface area contributed by atoms with Crippen molar-refractivity contribution in [3.63, 3.8) is 0 Å². The molecule has 1 nitrogen and oxygen atoms in total. The Bertz CT molecular complexity index is 49.2. The number of hydrogen-bond donors (Lipinski definition) is 0. The Morgan fingerprint density at radius 1 is 1.50 bits per heavy atom. The predicted molar refractivity (Wildman–Crippen MR) is 38.1 cm³/mol. The van der Waals surface area contributed by atoms with Crippen LogP contribution in [0.4, 0.5) is 4.79 Å². The summed E-state index contributed by atoms with van der Waals surface area (Å²) < 4.78 is -0.889. The Morgan fingerprint density at radius 2 is 1.62 bits per heavy atom. The summed E-state index contributed by atoms with van der Waals surface area (Å²) >= 11 is 14.0. The first-order valence-corrected chi connectivity index (χ1v) is 3.35. The zero-order valence-corrected chi connectivity index (χ0v) is 6.72. The summed E-state index contributed by atoms with van der Waals surface area (Å²) in [5, 5.41) is 0. The lowest BCUT2D eigenvalue weighted by atomic mass is 10.6. The fourth-order valence-electron chi connectivity index (χ4n) is 0. The molecular weight excluding hydrogens is 170 g/mol. The predicted octanol–water partition coefficient (Wildman–Crippen LogP) is 3.22. The number of alkyl halides is 1. The van der Waals surface area contributed by atoms with Crippen molar-refractivity contribution in [1.29, 1.82) is 0 Å². The molecule has 8 heavy (non-hydrogen) atoms. The molecule has 0 aromatic rings. The Balaban J connectivity index is 0. The first-order valence-electron chi connectivity index (χ1n) is 2.06. The van der Waals surface area contributed by atoms with Crippen molar-refractivity contribution in [2.75, 3.05) is 5.88 Å². The van der Waals surface area contributed by atoms with E-state index < -0.39 is 4.70 Å². The third kappa shape index (κ3) is 84.6. The van der Waals surface area contributed by atoms with Crippen LogP contribution in [0.15, 0.2) is 0 Å². The van der Waals surface area contributed by atoms with E-state index >= 15 is 0 Å². The fraction of sp³-hybridized carbons (Fsp3) is 0.750. The third-order valence-corrected chi connectivity index (χ3v) is 0.567. The van der Waals surface area contributed by atoms with Crippen molar-refractivity contribution in [1.82, 2.24) is 0 Å². The van der Waals surface area contributed by atoms with E-state index in [9.17, 15) is 0 Å². The van der Waals surface area contributed by atoms with E-state index in [1.54, 1.807) is 0 Å². The van der Waals surface area contributed by atoms with E-state index in [2.05, 4.69) is 23.2 Å². The van der Waals surface area contributed by atoms with Crippen LogP contribution in [0, 0.1) is 0 Å². The molecule has 50 valence electrons. The summed E-state index contributed by atoms with van der Waals surface area (Å²) in [4.78, 5) is 8.98. The van der Waals surface area contributed by atoms with Gasteiger partial charge < -0.3 is 0 Å². The van der Waals surface area contributed by atoms with Crippen LogP contribution in [0.5, 0.6) is 0 Å². The molecule has 4 heteroatoms. The van der Waals surface area contributed by atoms with Crippen LogP contribution >= 0.6 is 34.8 Å². The smallest absolute Gasteiger partial charge is 0.262 e. The molecule has 0 heterocycles. The molecule has 0 unspecified atom stereocenters. The molecule has 0 amide bonds. The van der Waals surface area contributed by atoms with E-state index in [1.165, 1.54) is 0 Å². The quantitative estimate of drug-likeness (QED) is 0.444. The number of hydrogen-bond acceptors (Lipinski definition) is 1. The molecule has 0 aromatic carbocycles. The molecule has 0 saturated heterocycles. The molecule has 0 radical (unpaired) electrons. The average Bonchev–Trinajstić information content (AvgIpc) is 1.65. The van der Waals surface area contributed by atoms with Crippen molar-refractivity contribution in [3.8, 4) is 0 Å². The largest absolute Gasteiger partial charge is 0.313 e. The van der Waals surface area contributed by atoms with Crippen molar-refractivity contribution in [2.45, 2.75) is 13.3 Å². The monoisotopic (exact) mass is 176 g/mol. The first kappa shape index (κ1) is 11.4. The maximum Gasteiger partial charge on any atom is 0.313 e. The van der Waals surface area contributed by atoms with Gasteiger partial charge in [-0.25, -0.2) is 0 Å². The van der Waals surface area contributed by atoms with E-state index in [0.29, 0.717) is 0 Å². The standard InChI is InChI=1S/C3H7Cl.CCl2O/c1-2-3-4;2-1(3)4/h2-3H2,1H3;. The molecule has 0 atom stereocenters. The van der Waals surface area contributed by atoms with Crippen molar-refractivity contribution < 1.29 is 4.79 Å². The van der Waals surface area contributed by atoms with Gasteiger partial charge in [0.15, 0.2) is 0 Å². The van der Waals surface area contributed by atoms with Crippen LogP contribution in [-0.2, 0) is 0 Å². The van der Waals surface area contributed by atoms with Gasteiger partial charge >= 0.3 is 4.70 Å². The molecule has 0 spiro atoms. The van der Waals surface area contributed by atoms with E-state index in [-0.39, 0.29) is 0 Å². The molecule has 0 rings (SSSR count). The second-order valence-electron chi connectivity index (χ2n) is 0.915. The SMILES string of the molecule is CCCCl.O=C(Cl)Cl. The molecule has 0 aliphatic rings. The van der Waals surface area contributed by atoms with Gasteiger partial charge in [-0.2, -0.15) is 0 Å². The van der Waals surface area contributed by atoms with Crippen LogP contribution in [-0.4, -0.2) is 10.6 Å². The van der Waals surface area contributed by atoms with Crippen molar-refractivity contribution in [2.24, 2.45) is 0 Å². The van der Waals surface area contributed by atoms with Gasteiger partial charge in [-0.15, -0.1) is 11.6 Å². The molecular formula is C4H7Cl3O. The highest BCUT2D eigenvalue weighted by molar-refractivity contribution is 6.93. The van der Waals surface area contributed by atoms with Gasteiger partial charge in [0, 0.05) is 5.88 Å². The average molecular weight is 177 g/mol. The Hall–Kier alpha value is 0.540. The van der Waals surface area contributed by atoms with Gasteiger partial charge in [-0.3, -0.25) is 4.79 Å². The van der Waals surface area contributed by atoms with E-state index in [1.807, 2.05) is 6.92 Å². The number of carbonyl (C=O) groups is 1. The number of rotatable bonds is 1. The molecule has 0 aliphatic carbocycles. The lowest BCUT2D eigenvalue weighted by Crippen LogP contribution is -1.55.